The Labute approximate surface area is 126 Å². The van der Waals surface area contributed by atoms with Crippen molar-refractivity contribution in [1.29, 1.82) is 0 Å². The second-order valence-corrected chi connectivity index (χ2v) is 5.44. The lowest BCUT2D eigenvalue weighted by Gasteiger charge is -2.15. The molecule has 0 aliphatic rings. The molecule has 21 heavy (non-hydrogen) atoms. The van der Waals surface area contributed by atoms with Crippen LogP contribution in [-0.4, -0.2) is 23.7 Å². The number of carbonyl (C=O) groups excluding carboxylic acids is 1. The van der Waals surface area contributed by atoms with Crippen LogP contribution in [0, 0.1) is 0 Å². The highest BCUT2D eigenvalue weighted by atomic mass is 32.1. The van der Waals surface area contributed by atoms with Crippen molar-refractivity contribution in [3.05, 3.63) is 58.3 Å². The maximum Gasteiger partial charge on any atom is 0.330 e. The number of carboxylic acid groups (broad SMARTS) is 1. The molecule has 0 bridgehead atoms. The highest BCUT2D eigenvalue weighted by Crippen LogP contribution is 2.12. The quantitative estimate of drug-likeness (QED) is 0.767. The summed E-state index contributed by atoms with van der Waals surface area (Å²) < 4.78 is 0. The van der Waals surface area contributed by atoms with E-state index in [2.05, 4.69) is 10.6 Å². The van der Waals surface area contributed by atoms with Gasteiger partial charge in [-0.25, -0.2) is 9.59 Å². The summed E-state index contributed by atoms with van der Waals surface area (Å²) in [5, 5.41) is 16.3. The van der Waals surface area contributed by atoms with Crippen LogP contribution in [0.1, 0.15) is 16.5 Å². The first-order valence-corrected chi connectivity index (χ1v) is 7.39. The van der Waals surface area contributed by atoms with Gasteiger partial charge in [0.15, 0.2) is 6.04 Å². The van der Waals surface area contributed by atoms with Gasteiger partial charge in [0, 0.05) is 11.4 Å². The number of nitrogens with one attached hydrogen (secondary N) is 2. The van der Waals surface area contributed by atoms with Crippen molar-refractivity contribution >= 4 is 23.3 Å². The molecular formula is C15H16N2O3S. The molecule has 1 atom stereocenters. The molecule has 0 radical (unpaired) electrons. The summed E-state index contributed by atoms with van der Waals surface area (Å²) in [4.78, 5) is 24.2. The summed E-state index contributed by atoms with van der Waals surface area (Å²) >= 11 is 1.62. The zero-order chi connectivity index (χ0) is 15.1. The SMILES string of the molecule is O=C(NCCc1cccs1)N[C@@H](C(=O)O)c1ccccc1. The molecule has 1 aromatic carbocycles. The molecule has 0 saturated heterocycles. The predicted octanol–water partition coefficient (Wildman–Crippen LogP) is 2.42. The lowest BCUT2D eigenvalue weighted by atomic mass is 10.1. The monoisotopic (exact) mass is 304 g/mol. The van der Waals surface area contributed by atoms with Crippen molar-refractivity contribution in [3.8, 4) is 0 Å². The van der Waals surface area contributed by atoms with Crippen molar-refractivity contribution < 1.29 is 14.7 Å². The maximum atomic E-state index is 11.8. The Hall–Kier alpha value is -2.34. The number of amides is 2. The van der Waals surface area contributed by atoms with Gasteiger partial charge in [-0.3, -0.25) is 0 Å². The second kappa shape index (κ2) is 7.44. The van der Waals surface area contributed by atoms with Gasteiger partial charge in [-0.15, -0.1) is 11.3 Å². The van der Waals surface area contributed by atoms with Gasteiger partial charge in [-0.1, -0.05) is 36.4 Å². The number of urea groups is 1. The second-order valence-electron chi connectivity index (χ2n) is 4.41. The van der Waals surface area contributed by atoms with Crippen molar-refractivity contribution in [1.82, 2.24) is 10.6 Å². The van der Waals surface area contributed by atoms with Crippen molar-refractivity contribution in [2.75, 3.05) is 6.54 Å². The fourth-order valence-electron chi connectivity index (χ4n) is 1.87. The topological polar surface area (TPSA) is 78.4 Å². The highest BCUT2D eigenvalue weighted by Gasteiger charge is 2.21. The van der Waals surface area contributed by atoms with Gasteiger partial charge < -0.3 is 15.7 Å². The highest BCUT2D eigenvalue weighted by molar-refractivity contribution is 7.09. The molecule has 0 fully saturated rings. The van der Waals surface area contributed by atoms with Crippen molar-refractivity contribution in [3.63, 3.8) is 0 Å². The molecule has 6 heteroatoms. The van der Waals surface area contributed by atoms with E-state index in [9.17, 15) is 14.7 Å². The molecule has 0 unspecified atom stereocenters. The summed E-state index contributed by atoms with van der Waals surface area (Å²) in [5.74, 6) is -1.09. The molecule has 1 heterocycles. The van der Waals surface area contributed by atoms with Crippen LogP contribution in [0.4, 0.5) is 4.79 Å². The molecule has 0 aliphatic heterocycles. The molecule has 2 aromatic rings. The van der Waals surface area contributed by atoms with Gasteiger partial charge in [0.25, 0.3) is 0 Å². The molecule has 110 valence electrons. The van der Waals surface area contributed by atoms with Gasteiger partial charge >= 0.3 is 12.0 Å². The zero-order valence-electron chi connectivity index (χ0n) is 11.3. The van der Waals surface area contributed by atoms with Gasteiger partial charge in [-0.2, -0.15) is 0 Å². The smallest absolute Gasteiger partial charge is 0.330 e. The Morgan fingerprint density at radius 3 is 2.52 bits per heavy atom. The summed E-state index contributed by atoms with van der Waals surface area (Å²) in [5.41, 5.74) is 0.540. The van der Waals surface area contributed by atoms with Crippen molar-refractivity contribution in [2.45, 2.75) is 12.5 Å². The average molecular weight is 304 g/mol. The van der Waals surface area contributed by atoms with Crippen LogP contribution >= 0.6 is 11.3 Å². The minimum Gasteiger partial charge on any atom is -0.479 e. The molecule has 0 spiro atoms. The van der Waals surface area contributed by atoms with Crippen molar-refractivity contribution in [2.24, 2.45) is 0 Å². The summed E-state index contributed by atoms with van der Waals surface area (Å²) in [6, 6.07) is 11.0. The number of aliphatic carboxylic acids is 1. The number of benzene rings is 1. The van der Waals surface area contributed by atoms with E-state index in [-0.39, 0.29) is 0 Å². The average Bonchev–Trinajstić information content (AvgIpc) is 2.98. The van der Waals surface area contributed by atoms with Gasteiger partial charge in [-0.05, 0) is 23.4 Å². The summed E-state index contributed by atoms with van der Waals surface area (Å²) in [6.45, 7) is 0.466. The number of thiophene rings is 1. The zero-order valence-corrected chi connectivity index (χ0v) is 12.1. The van der Waals surface area contributed by atoms with Crippen LogP contribution in [0.15, 0.2) is 47.8 Å². The number of rotatable bonds is 6. The van der Waals surface area contributed by atoms with E-state index in [0.29, 0.717) is 12.1 Å². The Morgan fingerprint density at radius 2 is 1.90 bits per heavy atom. The molecule has 0 saturated carbocycles. The van der Waals surface area contributed by atoms with E-state index < -0.39 is 18.0 Å². The van der Waals surface area contributed by atoms with Gasteiger partial charge in [0.2, 0.25) is 0 Å². The minimum absolute atomic E-state index is 0.466. The molecule has 2 amide bonds. The largest absolute Gasteiger partial charge is 0.479 e. The van der Waals surface area contributed by atoms with Crippen LogP contribution in [-0.2, 0) is 11.2 Å². The van der Waals surface area contributed by atoms with Crippen LogP contribution in [0.2, 0.25) is 0 Å². The Morgan fingerprint density at radius 1 is 1.14 bits per heavy atom. The van der Waals surface area contributed by atoms with E-state index in [1.165, 1.54) is 4.88 Å². The molecule has 1 aromatic heterocycles. The predicted molar refractivity (Wildman–Crippen MR) is 81.4 cm³/mol. The van der Waals surface area contributed by atoms with E-state index in [1.54, 1.807) is 41.7 Å². The van der Waals surface area contributed by atoms with Crippen LogP contribution in [0.3, 0.4) is 0 Å². The first-order chi connectivity index (χ1) is 10.2. The normalized spacial score (nSPS) is 11.6. The third-order valence-electron chi connectivity index (χ3n) is 2.89. The van der Waals surface area contributed by atoms with E-state index >= 15 is 0 Å². The van der Waals surface area contributed by atoms with E-state index in [4.69, 9.17) is 0 Å². The summed E-state index contributed by atoms with van der Waals surface area (Å²) in [7, 11) is 0. The number of hydrogen-bond acceptors (Lipinski definition) is 3. The lowest BCUT2D eigenvalue weighted by Crippen LogP contribution is -2.41. The Kier molecular flexibility index (Phi) is 5.34. The molecule has 5 nitrogen and oxygen atoms in total. The first kappa shape index (κ1) is 15.1. The molecular weight excluding hydrogens is 288 g/mol. The van der Waals surface area contributed by atoms with E-state index in [0.717, 1.165) is 6.42 Å². The Bertz CT molecular complexity index is 584. The number of carbonyl (C=O) groups is 2. The van der Waals surface area contributed by atoms with Crippen LogP contribution in [0.5, 0.6) is 0 Å². The maximum absolute atomic E-state index is 11.8. The van der Waals surface area contributed by atoms with Crippen LogP contribution < -0.4 is 10.6 Å². The third kappa shape index (κ3) is 4.61. The fraction of sp³-hybridized carbons (Fsp3) is 0.200. The first-order valence-electron chi connectivity index (χ1n) is 6.51. The lowest BCUT2D eigenvalue weighted by molar-refractivity contribution is -0.139. The number of hydrogen-bond donors (Lipinski definition) is 3. The minimum atomic E-state index is -1.09. The van der Waals surface area contributed by atoms with E-state index in [1.807, 2.05) is 17.5 Å². The Balaban J connectivity index is 1.85. The molecule has 2 rings (SSSR count). The fourth-order valence-corrected chi connectivity index (χ4v) is 2.58. The number of carboxylic acids is 1. The summed E-state index contributed by atoms with van der Waals surface area (Å²) in [6.07, 6.45) is 0.730. The third-order valence-corrected chi connectivity index (χ3v) is 3.83. The molecule has 0 aliphatic carbocycles. The van der Waals surface area contributed by atoms with Gasteiger partial charge in [0.1, 0.15) is 0 Å². The molecule has 3 N–H and O–H groups in total. The van der Waals surface area contributed by atoms with Crippen LogP contribution in [0.25, 0.3) is 0 Å². The van der Waals surface area contributed by atoms with Gasteiger partial charge in [0.05, 0.1) is 0 Å². The standard InChI is InChI=1S/C15H16N2O3S/c18-14(19)13(11-5-2-1-3-6-11)17-15(20)16-9-8-12-7-4-10-21-12/h1-7,10,13H,8-9H2,(H,18,19)(H2,16,17,20)/t13-/m1/s1.